The van der Waals surface area contributed by atoms with E-state index in [1.807, 2.05) is 0 Å². The predicted molar refractivity (Wildman–Crippen MR) is 79.2 cm³/mol. The van der Waals surface area contributed by atoms with Gasteiger partial charge in [-0.1, -0.05) is 13.0 Å². The molecule has 1 heterocycles. The second-order valence-corrected chi connectivity index (χ2v) is 8.33. The third-order valence-electron chi connectivity index (χ3n) is 4.06. The molecule has 4 nitrogen and oxygen atoms in total. The fourth-order valence-electron chi connectivity index (χ4n) is 2.58. The van der Waals surface area contributed by atoms with Crippen molar-refractivity contribution in [3.63, 3.8) is 0 Å². The summed E-state index contributed by atoms with van der Waals surface area (Å²) in [4.78, 5) is 13.8. The summed E-state index contributed by atoms with van der Waals surface area (Å²) in [6.45, 7) is 3.61. The fraction of sp³-hybridized carbons (Fsp3) is 0.533. The van der Waals surface area contributed by atoms with Crippen molar-refractivity contribution in [3.05, 3.63) is 35.4 Å². The first kappa shape index (κ1) is 16.9. The standard InChI is InChI=1S/C15H19F2NO3S/c1-10(13-4-3-12(16)8-14(13)17)7-15(19)18-5-6-22(20,21)11(2)9-18/h3-4,8,10-11H,5-7,9H2,1-2H3. The van der Waals surface area contributed by atoms with Gasteiger partial charge in [0.1, 0.15) is 11.6 Å². The van der Waals surface area contributed by atoms with E-state index in [9.17, 15) is 22.0 Å². The summed E-state index contributed by atoms with van der Waals surface area (Å²) in [6.07, 6.45) is 0.0648. The lowest BCUT2D eigenvalue weighted by molar-refractivity contribution is -0.131. The van der Waals surface area contributed by atoms with E-state index in [1.165, 1.54) is 11.0 Å². The third kappa shape index (κ3) is 3.63. The normalized spacial score (nSPS) is 22.4. The topological polar surface area (TPSA) is 54.5 Å². The van der Waals surface area contributed by atoms with Crippen molar-refractivity contribution in [2.24, 2.45) is 0 Å². The lowest BCUT2D eigenvalue weighted by Crippen LogP contribution is -2.48. The van der Waals surface area contributed by atoms with Crippen molar-refractivity contribution in [2.45, 2.75) is 31.4 Å². The first-order valence-electron chi connectivity index (χ1n) is 7.15. The average Bonchev–Trinajstić information content (AvgIpc) is 2.41. The molecule has 0 aromatic heterocycles. The summed E-state index contributed by atoms with van der Waals surface area (Å²) in [5, 5.41) is -0.580. The number of amides is 1. The van der Waals surface area contributed by atoms with Gasteiger partial charge in [0.15, 0.2) is 9.84 Å². The fourth-order valence-corrected chi connectivity index (χ4v) is 3.87. The number of nitrogens with zero attached hydrogens (tertiary/aromatic N) is 1. The molecule has 2 rings (SSSR count). The molecule has 0 aliphatic carbocycles. The Kier molecular flexibility index (Phi) is 4.84. The lowest BCUT2D eigenvalue weighted by Gasteiger charge is -2.31. The minimum atomic E-state index is -3.12. The summed E-state index contributed by atoms with van der Waals surface area (Å²) in [7, 11) is -3.12. The van der Waals surface area contributed by atoms with Gasteiger partial charge in [0.05, 0.1) is 11.0 Å². The SMILES string of the molecule is CC(CC(=O)N1CCS(=O)(=O)C(C)C1)c1ccc(F)cc1F. The highest BCUT2D eigenvalue weighted by Crippen LogP contribution is 2.24. The molecule has 22 heavy (non-hydrogen) atoms. The lowest BCUT2D eigenvalue weighted by atomic mass is 9.96. The molecule has 1 fully saturated rings. The maximum atomic E-state index is 13.7. The van der Waals surface area contributed by atoms with Crippen LogP contribution in [0.15, 0.2) is 18.2 Å². The van der Waals surface area contributed by atoms with Gasteiger partial charge in [0, 0.05) is 25.6 Å². The smallest absolute Gasteiger partial charge is 0.223 e. The second-order valence-electron chi connectivity index (χ2n) is 5.79. The summed E-state index contributed by atoms with van der Waals surface area (Å²) in [5.74, 6) is -1.98. The van der Waals surface area contributed by atoms with E-state index in [1.54, 1.807) is 13.8 Å². The van der Waals surface area contributed by atoms with Crippen LogP contribution in [0.4, 0.5) is 8.78 Å². The van der Waals surface area contributed by atoms with E-state index in [0.717, 1.165) is 12.1 Å². The second kappa shape index (κ2) is 6.32. The molecular weight excluding hydrogens is 312 g/mol. The zero-order valence-corrected chi connectivity index (χ0v) is 13.4. The minimum absolute atomic E-state index is 0.0425. The van der Waals surface area contributed by atoms with E-state index >= 15 is 0 Å². The maximum absolute atomic E-state index is 13.7. The van der Waals surface area contributed by atoms with Crippen LogP contribution in [0.1, 0.15) is 31.7 Å². The molecule has 0 bridgehead atoms. The number of rotatable bonds is 3. The molecule has 2 atom stereocenters. The van der Waals surface area contributed by atoms with Crippen molar-refractivity contribution >= 4 is 15.7 Å². The Morgan fingerprint density at radius 3 is 2.68 bits per heavy atom. The number of carbonyl (C=O) groups excluding carboxylic acids is 1. The molecule has 2 unspecified atom stereocenters. The van der Waals surface area contributed by atoms with E-state index in [4.69, 9.17) is 0 Å². The molecule has 122 valence electrons. The van der Waals surface area contributed by atoms with Gasteiger partial charge in [-0.15, -0.1) is 0 Å². The van der Waals surface area contributed by atoms with Gasteiger partial charge in [0.25, 0.3) is 0 Å². The van der Waals surface area contributed by atoms with E-state index < -0.39 is 32.6 Å². The van der Waals surface area contributed by atoms with Crippen LogP contribution >= 0.6 is 0 Å². The number of hydrogen-bond donors (Lipinski definition) is 0. The Labute approximate surface area is 129 Å². The monoisotopic (exact) mass is 331 g/mol. The van der Waals surface area contributed by atoms with Crippen molar-refractivity contribution in [3.8, 4) is 0 Å². The Morgan fingerprint density at radius 1 is 1.41 bits per heavy atom. The highest BCUT2D eigenvalue weighted by molar-refractivity contribution is 7.92. The molecule has 0 spiro atoms. The predicted octanol–water partition coefficient (Wildman–Crippen LogP) is 2.10. The molecule has 1 aromatic rings. The molecular formula is C15H19F2NO3S. The number of benzene rings is 1. The van der Waals surface area contributed by atoms with Gasteiger partial charge >= 0.3 is 0 Å². The minimum Gasteiger partial charge on any atom is -0.340 e. The molecule has 1 amide bonds. The van der Waals surface area contributed by atoms with Gasteiger partial charge in [-0.2, -0.15) is 0 Å². The van der Waals surface area contributed by atoms with Crippen molar-refractivity contribution < 1.29 is 22.0 Å². The largest absolute Gasteiger partial charge is 0.340 e. The van der Waals surface area contributed by atoms with Crippen LogP contribution < -0.4 is 0 Å². The van der Waals surface area contributed by atoms with Crippen LogP contribution in [0, 0.1) is 11.6 Å². The van der Waals surface area contributed by atoms with Crippen LogP contribution in [0.3, 0.4) is 0 Å². The van der Waals surface area contributed by atoms with Crippen molar-refractivity contribution in [2.75, 3.05) is 18.8 Å². The number of sulfone groups is 1. The van der Waals surface area contributed by atoms with E-state index in [2.05, 4.69) is 0 Å². The summed E-state index contributed by atoms with van der Waals surface area (Å²) >= 11 is 0. The zero-order valence-electron chi connectivity index (χ0n) is 12.6. The Balaban J connectivity index is 2.03. The maximum Gasteiger partial charge on any atom is 0.223 e. The number of carbonyl (C=O) groups is 1. The highest BCUT2D eigenvalue weighted by atomic mass is 32.2. The molecule has 0 N–H and O–H groups in total. The van der Waals surface area contributed by atoms with Crippen LogP contribution in [0.25, 0.3) is 0 Å². The molecule has 7 heteroatoms. The Bertz CT molecular complexity index is 675. The highest BCUT2D eigenvalue weighted by Gasteiger charge is 2.32. The summed E-state index contributed by atoms with van der Waals surface area (Å²) in [5.41, 5.74) is 0.285. The summed E-state index contributed by atoms with van der Waals surface area (Å²) < 4.78 is 49.9. The van der Waals surface area contributed by atoms with Gasteiger partial charge in [0.2, 0.25) is 5.91 Å². The molecule has 1 aromatic carbocycles. The van der Waals surface area contributed by atoms with Gasteiger partial charge < -0.3 is 4.90 Å². The number of hydrogen-bond acceptors (Lipinski definition) is 3. The quantitative estimate of drug-likeness (QED) is 0.852. The zero-order chi connectivity index (χ0) is 16.5. The molecule has 1 saturated heterocycles. The van der Waals surface area contributed by atoms with Crippen LogP contribution in [-0.2, 0) is 14.6 Å². The Morgan fingerprint density at radius 2 is 2.09 bits per heavy atom. The van der Waals surface area contributed by atoms with E-state index in [-0.39, 0.29) is 36.7 Å². The van der Waals surface area contributed by atoms with Crippen LogP contribution in [0.5, 0.6) is 0 Å². The van der Waals surface area contributed by atoms with Crippen LogP contribution in [0.2, 0.25) is 0 Å². The Hall–Kier alpha value is -1.50. The van der Waals surface area contributed by atoms with Crippen molar-refractivity contribution in [1.29, 1.82) is 0 Å². The molecule has 0 saturated carbocycles. The number of halogens is 2. The summed E-state index contributed by atoms with van der Waals surface area (Å²) in [6, 6.07) is 3.30. The van der Waals surface area contributed by atoms with Crippen molar-refractivity contribution in [1.82, 2.24) is 4.90 Å². The molecule has 1 aliphatic rings. The van der Waals surface area contributed by atoms with E-state index in [0.29, 0.717) is 0 Å². The molecule has 0 radical (unpaired) electrons. The van der Waals surface area contributed by atoms with Gasteiger partial charge in [-0.3, -0.25) is 4.79 Å². The van der Waals surface area contributed by atoms with Gasteiger partial charge in [-0.25, -0.2) is 17.2 Å². The first-order chi connectivity index (χ1) is 10.2. The molecule has 1 aliphatic heterocycles. The first-order valence-corrected chi connectivity index (χ1v) is 8.86. The van der Waals surface area contributed by atoms with Gasteiger partial charge in [-0.05, 0) is 24.5 Å². The van der Waals surface area contributed by atoms with Crippen LogP contribution in [-0.4, -0.2) is 43.3 Å². The third-order valence-corrected chi connectivity index (χ3v) is 6.19. The average molecular weight is 331 g/mol.